The minimum atomic E-state index is -0.358. The number of nitrogens with zero attached hydrogens (tertiary/aromatic N) is 3. The van der Waals surface area contributed by atoms with Gasteiger partial charge in [0.1, 0.15) is 5.01 Å². The van der Waals surface area contributed by atoms with Crippen molar-refractivity contribution in [3.8, 4) is 11.5 Å². The lowest BCUT2D eigenvalue weighted by Crippen LogP contribution is -2.19. The average molecular weight is 532 g/mol. The number of amides is 2. The van der Waals surface area contributed by atoms with Crippen LogP contribution in [0.5, 0.6) is 11.5 Å². The SMILES string of the molecule is COc1cc(/C=N\NC(=O)Cc2nnc(NC(=O)c3ccc(C)cc3)s2)ccc1OCCBr. The van der Waals surface area contributed by atoms with Crippen LogP contribution < -0.4 is 20.2 Å². The van der Waals surface area contributed by atoms with Crippen LogP contribution >= 0.6 is 27.3 Å². The number of carbonyl (C=O) groups excluding carboxylic acids is 2. The molecule has 9 nitrogen and oxygen atoms in total. The van der Waals surface area contributed by atoms with E-state index in [1.165, 1.54) is 6.21 Å². The van der Waals surface area contributed by atoms with E-state index in [1.807, 2.05) is 19.1 Å². The highest BCUT2D eigenvalue weighted by Gasteiger charge is 2.12. The molecule has 3 aromatic rings. The highest BCUT2D eigenvalue weighted by molar-refractivity contribution is 9.09. The number of carbonyl (C=O) groups is 2. The molecule has 0 saturated carbocycles. The lowest BCUT2D eigenvalue weighted by molar-refractivity contribution is -0.120. The Morgan fingerprint density at radius 3 is 2.67 bits per heavy atom. The van der Waals surface area contributed by atoms with Crippen molar-refractivity contribution in [1.29, 1.82) is 0 Å². The van der Waals surface area contributed by atoms with Crippen molar-refractivity contribution in [2.45, 2.75) is 13.3 Å². The summed E-state index contributed by atoms with van der Waals surface area (Å²) < 4.78 is 10.9. The highest BCUT2D eigenvalue weighted by atomic mass is 79.9. The molecule has 0 atom stereocenters. The van der Waals surface area contributed by atoms with Gasteiger partial charge < -0.3 is 9.47 Å². The fourth-order valence-electron chi connectivity index (χ4n) is 2.64. The standard InChI is InChI=1S/C22H22BrN5O4S/c1-14-3-6-16(7-4-14)21(30)25-22-28-27-20(33-22)12-19(29)26-24-13-15-5-8-17(32-10-9-23)18(11-15)31-2/h3-8,11,13H,9-10,12H2,1-2H3,(H,26,29)(H,25,28,30)/b24-13-. The maximum atomic E-state index is 12.3. The summed E-state index contributed by atoms with van der Waals surface area (Å²) in [5.74, 6) is 0.550. The van der Waals surface area contributed by atoms with Gasteiger partial charge in [-0.25, -0.2) is 5.43 Å². The topological polar surface area (TPSA) is 115 Å². The maximum Gasteiger partial charge on any atom is 0.257 e. The van der Waals surface area contributed by atoms with Gasteiger partial charge in [0, 0.05) is 10.9 Å². The molecule has 33 heavy (non-hydrogen) atoms. The number of benzene rings is 2. The van der Waals surface area contributed by atoms with E-state index >= 15 is 0 Å². The van der Waals surface area contributed by atoms with Gasteiger partial charge in [-0.1, -0.05) is 45.0 Å². The lowest BCUT2D eigenvalue weighted by atomic mass is 10.1. The number of hydrogen-bond acceptors (Lipinski definition) is 8. The minimum absolute atomic E-state index is 0.0158. The van der Waals surface area contributed by atoms with Gasteiger partial charge in [0.15, 0.2) is 11.5 Å². The summed E-state index contributed by atoms with van der Waals surface area (Å²) in [6, 6.07) is 12.5. The molecule has 0 saturated heterocycles. The summed E-state index contributed by atoms with van der Waals surface area (Å²) in [5, 5.41) is 16.0. The summed E-state index contributed by atoms with van der Waals surface area (Å²) in [6.07, 6.45) is 1.49. The van der Waals surface area contributed by atoms with Gasteiger partial charge in [-0.05, 0) is 42.8 Å². The van der Waals surface area contributed by atoms with Crippen LogP contribution in [-0.4, -0.2) is 47.3 Å². The van der Waals surface area contributed by atoms with E-state index in [2.05, 4.69) is 42.0 Å². The quantitative estimate of drug-likeness (QED) is 0.235. The number of aromatic nitrogens is 2. The van der Waals surface area contributed by atoms with Gasteiger partial charge in [-0.15, -0.1) is 10.2 Å². The molecule has 2 amide bonds. The van der Waals surface area contributed by atoms with Gasteiger partial charge in [-0.3, -0.25) is 14.9 Å². The zero-order chi connectivity index (χ0) is 23.6. The first-order valence-electron chi connectivity index (χ1n) is 9.87. The molecule has 0 fully saturated rings. The molecule has 0 bridgehead atoms. The number of hydrogen-bond donors (Lipinski definition) is 2. The molecule has 0 aliphatic carbocycles. The predicted molar refractivity (Wildman–Crippen MR) is 131 cm³/mol. The second-order valence-electron chi connectivity index (χ2n) is 6.74. The van der Waals surface area contributed by atoms with Gasteiger partial charge in [0.2, 0.25) is 11.0 Å². The molecule has 172 valence electrons. The Kier molecular flexibility index (Phi) is 8.90. The van der Waals surface area contributed by atoms with Crippen LogP contribution in [0.1, 0.15) is 26.5 Å². The molecule has 1 aromatic heterocycles. The van der Waals surface area contributed by atoms with Crippen molar-refractivity contribution >= 4 is 50.4 Å². The van der Waals surface area contributed by atoms with Crippen molar-refractivity contribution in [2.24, 2.45) is 5.10 Å². The Morgan fingerprint density at radius 1 is 1.15 bits per heavy atom. The molecule has 1 heterocycles. The van der Waals surface area contributed by atoms with Crippen molar-refractivity contribution in [2.75, 3.05) is 24.4 Å². The normalized spacial score (nSPS) is 10.8. The third kappa shape index (κ3) is 7.36. The third-order valence-electron chi connectivity index (χ3n) is 4.24. The van der Waals surface area contributed by atoms with Gasteiger partial charge >= 0.3 is 0 Å². The number of hydrazone groups is 1. The first-order chi connectivity index (χ1) is 16.0. The van der Waals surface area contributed by atoms with Crippen molar-refractivity contribution in [1.82, 2.24) is 15.6 Å². The van der Waals surface area contributed by atoms with Crippen LogP contribution in [0, 0.1) is 6.92 Å². The van der Waals surface area contributed by atoms with Crippen molar-refractivity contribution in [3.05, 3.63) is 64.2 Å². The van der Waals surface area contributed by atoms with E-state index in [0.717, 1.165) is 22.5 Å². The summed E-state index contributed by atoms with van der Waals surface area (Å²) in [5.41, 5.74) is 4.76. The average Bonchev–Trinajstić information content (AvgIpc) is 3.24. The number of ether oxygens (including phenoxy) is 2. The first-order valence-corrected chi connectivity index (χ1v) is 11.8. The van der Waals surface area contributed by atoms with E-state index in [4.69, 9.17) is 9.47 Å². The summed E-state index contributed by atoms with van der Waals surface area (Å²) in [6.45, 7) is 2.46. The molecule has 0 spiro atoms. The summed E-state index contributed by atoms with van der Waals surface area (Å²) >= 11 is 4.44. The van der Waals surface area contributed by atoms with Crippen LogP contribution in [0.15, 0.2) is 47.6 Å². The fourth-order valence-corrected chi connectivity index (χ4v) is 3.53. The monoisotopic (exact) mass is 531 g/mol. The van der Waals surface area contributed by atoms with Crippen LogP contribution in [0.4, 0.5) is 5.13 Å². The molecular formula is C22H22BrN5O4S. The number of alkyl halides is 1. The number of rotatable bonds is 10. The molecule has 0 aliphatic heterocycles. The smallest absolute Gasteiger partial charge is 0.257 e. The second kappa shape index (κ2) is 12.1. The molecular weight excluding hydrogens is 510 g/mol. The maximum absolute atomic E-state index is 12.3. The molecule has 11 heteroatoms. The van der Waals surface area contributed by atoms with Crippen LogP contribution in [0.25, 0.3) is 0 Å². The van der Waals surface area contributed by atoms with E-state index in [0.29, 0.717) is 39.1 Å². The summed E-state index contributed by atoms with van der Waals surface area (Å²) in [7, 11) is 1.55. The first kappa shape index (κ1) is 24.3. The fraction of sp³-hybridized carbons (Fsp3) is 0.227. The zero-order valence-electron chi connectivity index (χ0n) is 18.0. The van der Waals surface area contributed by atoms with E-state index < -0.39 is 0 Å². The molecule has 0 aliphatic rings. The van der Waals surface area contributed by atoms with Crippen LogP contribution in [-0.2, 0) is 11.2 Å². The Labute approximate surface area is 203 Å². The van der Waals surface area contributed by atoms with E-state index in [1.54, 1.807) is 37.4 Å². The van der Waals surface area contributed by atoms with Crippen molar-refractivity contribution < 1.29 is 19.1 Å². The number of methoxy groups -OCH3 is 1. The van der Waals surface area contributed by atoms with Crippen LogP contribution in [0.2, 0.25) is 0 Å². The minimum Gasteiger partial charge on any atom is -0.493 e. The summed E-state index contributed by atoms with van der Waals surface area (Å²) in [4.78, 5) is 24.4. The predicted octanol–water partition coefficient (Wildman–Crippen LogP) is 3.57. The number of aryl methyl sites for hydroxylation is 1. The molecule has 2 aromatic carbocycles. The lowest BCUT2D eigenvalue weighted by Gasteiger charge is -2.10. The molecule has 0 radical (unpaired) electrons. The number of halogens is 1. The number of anilines is 1. The van der Waals surface area contributed by atoms with E-state index in [-0.39, 0.29) is 18.2 Å². The second-order valence-corrected chi connectivity index (χ2v) is 8.59. The molecule has 0 unspecified atom stereocenters. The Bertz CT molecular complexity index is 1130. The Balaban J connectivity index is 1.51. The molecule has 3 rings (SSSR count). The van der Waals surface area contributed by atoms with Crippen molar-refractivity contribution in [3.63, 3.8) is 0 Å². The zero-order valence-corrected chi connectivity index (χ0v) is 20.4. The van der Waals surface area contributed by atoms with Gasteiger partial charge in [-0.2, -0.15) is 5.10 Å². The van der Waals surface area contributed by atoms with Crippen LogP contribution in [0.3, 0.4) is 0 Å². The molecule has 2 N–H and O–H groups in total. The highest BCUT2D eigenvalue weighted by Crippen LogP contribution is 2.27. The Hall–Kier alpha value is -3.31. The Morgan fingerprint density at radius 2 is 1.94 bits per heavy atom. The third-order valence-corrected chi connectivity index (χ3v) is 5.40. The number of nitrogens with one attached hydrogen (secondary N) is 2. The largest absolute Gasteiger partial charge is 0.493 e. The van der Waals surface area contributed by atoms with Gasteiger partial charge in [0.25, 0.3) is 5.91 Å². The van der Waals surface area contributed by atoms with Gasteiger partial charge in [0.05, 0.1) is 26.4 Å². The van der Waals surface area contributed by atoms with E-state index in [9.17, 15) is 9.59 Å².